The molecule has 0 unspecified atom stereocenters. The summed E-state index contributed by atoms with van der Waals surface area (Å²) in [5.41, 5.74) is -0.831. The molecule has 2 aromatic heterocycles. The van der Waals surface area contributed by atoms with Gasteiger partial charge in [-0.2, -0.15) is 0 Å². The third-order valence-electron chi connectivity index (χ3n) is 7.46. The van der Waals surface area contributed by atoms with Gasteiger partial charge in [-0.25, -0.2) is 13.8 Å². The number of pyridine rings is 1. The van der Waals surface area contributed by atoms with Crippen molar-refractivity contribution in [2.45, 2.75) is 12.8 Å². The van der Waals surface area contributed by atoms with Crippen molar-refractivity contribution in [3.05, 3.63) is 105 Å². The summed E-state index contributed by atoms with van der Waals surface area (Å²) in [7, 11) is 1.55. The van der Waals surface area contributed by atoms with Gasteiger partial charge in [-0.15, -0.1) is 0 Å². The number of rotatable bonds is 10. The number of halogens is 1. The number of para-hydroxylation sites is 1. The monoisotopic (exact) mass is 611 g/mol. The fraction of sp³-hybridized carbons (Fsp3) is 0.212. The number of aromatic amines is 1. The fourth-order valence-electron chi connectivity index (χ4n) is 5.16. The predicted molar refractivity (Wildman–Crippen MR) is 168 cm³/mol. The summed E-state index contributed by atoms with van der Waals surface area (Å²) in [6.07, 6.45) is 5.05. The zero-order valence-electron chi connectivity index (χ0n) is 24.4. The molecule has 0 amide bonds. The first-order valence-corrected chi connectivity index (χ1v) is 14.4. The zero-order valence-corrected chi connectivity index (χ0v) is 24.4. The van der Waals surface area contributed by atoms with Crippen molar-refractivity contribution in [2.24, 2.45) is 4.99 Å². The topological polar surface area (TPSA) is 131 Å². The Hall–Kier alpha value is -5.49. The average molecular weight is 612 g/mol. The standard InChI is InChI=1S/C33H30FN5O6/c1-43-29-18-23-26(19-30(29)44-16-15-38-13-5-6-14-38)35-12-11-27(23)45-28-10-9-21(17-25(28)34)36-20-24-31(40)37-33(42)39(32(24)41)22-7-3-2-4-8-22/h2-4,7-12,17-20,41H,5-6,13-16H2,1H3,(H,37,40,42). The smallest absolute Gasteiger partial charge is 0.335 e. The molecule has 5 aromatic rings. The second kappa shape index (κ2) is 13.0. The molecule has 1 fully saturated rings. The highest BCUT2D eigenvalue weighted by Crippen LogP contribution is 2.38. The lowest BCUT2D eigenvalue weighted by Gasteiger charge is -2.17. The zero-order chi connectivity index (χ0) is 31.3. The minimum absolute atomic E-state index is 0.0651. The van der Waals surface area contributed by atoms with Crippen LogP contribution in [0.5, 0.6) is 28.9 Å². The van der Waals surface area contributed by atoms with Crippen LogP contribution in [0.4, 0.5) is 10.1 Å². The third kappa shape index (κ3) is 6.41. The lowest BCUT2D eigenvalue weighted by Crippen LogP contribution is -2.31. The van der Waals surface area contributed by atoms with Crippen molar-refractivity contribution in [1.29, 1.82) is 0 Å². The van der Waals surface area contributed by atoms with Crippen molar-refractivity contribution in [2.75, 3.05) is 33.4 Å². The van der Waals surface area contributed by atoms with Crippen LogP contribution in [0.3, 0.4) is 0 Å². The molecule has 3 heterocycles. The molecular weight excluding hydrogens is 581 g/mol. The van der Waals surface area contributed by atoms with Crippen LogP contribution >= 0.6 is 0 Å². The first kappa shape index (κ1) is 29.6. The molecule has 6 rings (SSSR count). The molecule has 0 saturated carbocycles. The second-order valence-electron chi connectivity index (χ2n) is 10.4. The van der Waals surface area contributed by atoms with E-state index >= 15 is 4.39 Å². The van der Waals surface area contributed by atoms with Gasteiger partial charge in [0.2, 0.25) is 5.88 Å². The van der Waals surface area contributed by atoms with Crippen LogP contribution in [0.1, 0.15) is 18.4 Å². The van der Waals surface area contributed by atoms with Crippen LogP contribution < -0.4 is 25.5 Å². The van der Waals surface area contributed by atoms with Crippen LogP contribution in [0.25, 0.3) is 16.6 Å². The van der Waals surface area contributed by atoms with Gasteiger partial charge in [-0.1, -0.05) is 18.2 Å². The number of H-pyrrole nitrogens is 1. The molecular formula is C33H30FN5O6. The summed E-state index contributed by atoms with van der Waals surface area (Å²) >= 11 is 0. The Morgan fingerprint density at radius 1 is 1.00 bits per heavy atom. The van der Waals surface area contributed by atoms with E-state index in [4.69, 9.17) is 14.2 Å². The molecule has 3 aromatic carbocycles. The Morgan fingerprint density at radius 2 is 1.80 bits per heavy atom. The van der Waals surface area contributed by atoms with E-state index in [9.17, 15) is 14.7 Å². The van der Waals surface area contributed by atoms with E-state index in [2.05, 4.69) is 19.9 Å². The van der Waals surface area contributed by atoms with Gasteiger partial charge in [-0.05, 0) is 62.3 Å². The maximum Gasteiger partial charge on any atom is 0.335 e. The highest BCUT2D eigenvalue weighted by Gasteiger charge is 2.17. The fourth-order valence-corrected chi connectivity index (χ4v) is 5.16. The van der Waals surface area contributed by atoms with Gasteiger partial charge in [0.15, 0.2) is 23.1 Å². The van der Waals surface area contributed by atoms with Crippen molar-refractivity contribution in [1.82, 2.24) is 19.4 Å². The molecule has 2 N–H and O–H groups in total. The maximum absolute atomic E-state index is 15.2. The van der Waals surface area contributed by atoms with Gasteiger partial charge < -0.3 is 19.3 Å². The molecule has 230 valence electrons. The lowest BCUT2D eigenvalue weighted by atomic mass is 10.1. The van der Waals surface area contributed by atoms with Gasteiger partial charge in [-0.3, -0.25) is 24.7 Å². The van der Waals surface area contributed by atoms with Crippen LogP contribution in [0.15, 0.2) is 87.5 Å². The molecule has 0 aliphatic carbocycles. The van der Waals surface area contributed by atoms with E-state index in [-0.39, 0.29) is 17.0 Å². The molecule has 11 nitrogen and oxygen atoms in total. The number of hydrogen-bond donors (Lipinski definition) is 2. The first-order chi connectivity index (χ1) is 21.9. The number of aromatic nitrogens is 3. The summed E-state index contributed by atoms with van der Waals surface area (Å²) in [6, 6.07) is 17.5. The number of nitrogens with zero attached hydrogens (tertiary/aromatic N) is 4. The van der Waals surface area contributed by atoms with Crippen LogP contribution in [-0.4, -0.2) is 64.1 Å². The van der Waals surface area contributed by atoms with Crippen LogP contribution in [0, 0.1) is 5.82 Å². The molecule has 0 spiro atoms. The number of aromatic hydroxyl groups is 1. The molecule has 0 radical (unpaired) electrons. The molecule has 1 aliphatic heterocycles. The maximum atomic E-state index is 15.2. The Morgan fingerprint density at radius 3 is 2.56 bits per heavy atom. The number of methoxy groups -OCH3 is 1. The number of aliphatic imine (C=N–C) groups is 1. The van der Waals surface area contributed by atoms with E-state index in [0.29, 0.717) is 40.4 Å². The van der Waals surface area contributed by atoms with Crippen LogP contribution in [-0.2, 0) is 0 Å². The van der Waals surface area contributed by atoms with E-state index < -0.39 is 22.9 Å². The Kier molecular flexibility index (Phi) is 8.56. The van der Waals surface area contributed by atoms with Crippen molar-refractivity contribution in [3.63, 3.8) is 0 Å². The summed E-state index contributed by atoms with van der Waals surface area (Å²) < 4.78 is 33.7. The third-order valence-corrected chi connectivity index (χ3v) is 7.46. The number of nitrogens with one attached hydrogen (secondary N) is 1. The largest absolute Gasteiger partial charge is 0.493 e. The molecule has 12 heteroatoms. The minimum atomic E-state index is -0.839. The van der Waals surface area contributed by atoms with Crippen molar-refractivity contribution >= 4 is 22.8 Å². The second-order valence-corrected chi connectivity index (χ2v) is 10.4. The van der Waals surface area contributed by atoms with Gasteiger partial charge in [0.25, 0.3) is 5.56 Å². The van der Waals surface area contributed by atoms with E-state index in [0.717, 1.165) is 36.5 Å². The average Bonchev–Trinajstić information content (AvgIpc) is 3.56. The summed E-state index contributed by atoms with van der Waals surface area (Å²) in [6.45, 7) is 3.51. The molecule has 0 atom stereocenters. The minimum Gasteiger partial charge on any atom is -0.493 e. The van der Waals surface area contributed by atoms with Gasteiger partial charge in [0.1, 0.15) is 17.9 Å². The van der Waals surface area contributed by atoms with Gasteiger partial charge in [0.05, 0.1) is 24.0 Å². The number of fused-ring (bicyclic) bond motifs is 1. The van der Waals surface area contributed by atoms with Crippen LogP contribution in [0.2, 0.25) is 0 Å². The van der Waals surface area contributed by atoms with E-state index in [1.54, 1.807) is 61.8 Å². The Bertz CT molecular complexity index is 1990. The number of benzene rings is 3. The van der Waals surface area contributed by atoms with Gasteiger partial charge in [0, 0.05) is 36.5 Å². The Balaban J connectivity index is 1.22. The predicted octanol–water partition coefficient (Wildman–Crippen LogP) is 4.94. The van der Waals surface area contributed by atoms with E-state index in [1.165, 1.54) is 25.0 Å². The highest BCUT2D eigenvalue weighted by molar-refractivity contribution is 5.88. The molecule has 45 heavy (non-hydrogen) atoms. The molecule has 1 saturated heterocycles. The van der Waals surface area contributed by atoms with E-state index in [1.807, 2.05) is 0 Å². The van der Waals surface area contributed by atoms with Gasteiger partial charge >= 0.3 is 5.69 Å². The number of ether oxygens (including phenoxy) is 3. The number of likely N-dealkylation sites (tertiary alicyclic amines) is 1. The highest BCUT2D eigenvalue weighted by atomic mass is 19.1. The summed E-state index contributed by atoms with van der Waals surface area (Å²) in [5, 5.41) is 11.3. The number of hydrogen-bond acceptors (Lipinski definition) is 9. The van der Waals surface area contributed by atoms with Crippen molar-refractivity contribution in [3.8, 4) is 34.6 Å². The Labute approximate surface area is 256 Å². The normalized spacial score (nSPS) is 13.5. The molecule has 1 aliphatic rings. The SMILES string of the molecule is COc1cc2c(Oc3ccc(N=Cc4c(O)n(-c5ccccc5)c(=O)[nH]c4=O)cc3F)ccnc2cc1OCCN1CCCC1. The quantitative estimate of drug-likeness (QED) is 0.212. The van der Waals surface area contributed by atoms with Crippen molar-refractivity contribution < 1.29 is 23.7 Å². The summed E-state index contributed by atoms with van der Waals surface area (Å²) in [4.78, 5) is 37.9. The molecule has 0 bridgehead atoms. The summed E-state index contributed by atoms with van der Waals surface area (Å²) in [5.74, 6) is 0.0477. The first-order valence-electron chi connectivity index (χ1n) is 14.4. The lowest BCUT2D eigenvalue weighted by molar-refractivity contribution is 0.230.